The summed E-state index contributed by atoms with van der Waals surface area (Å²) in [6.45, 7) is 0. The third-order valence-corrected chi connectivity index (χ3v) is 2.31. The third kappa shape index (κ3) is 4.03. The normalized spacial score (nSPS) is 9.00. The van der Waals surface area contributed by atoms with Crippen LogP contribution in [0.4, 0.5) is 0 Å². The lowest BCUT2D eigenvalue weighted by molar-refractivity contribution is -0.139. The Bertz CT molecular complexity index is 537. The van der Waals surface area contributed by atoms with Crippen LogP contribution in [-0.4, -0.2) is 33.3 Å². The molecule has 100 valence electrons. The molecule has 0 spiro atoms. The molecule has 0 aliphatic heterocycles. The Kier molecular flexibility index (Phi) is 5.42. The van der Waals surface area contributed by atoms with Crippen LogP contribution >= 0.6 is 0 Å². The fourth-order valence-corrected chi connectivity index (χ4v) is 1.32. The van der Waals surface area contributed by atoms with Crippen molar-refractivity contribution in [2.45, 2.75) is 6.42 Å². The van der Waals surface area contributed by atoms with Crippen molar-refractivity contribution >= 4 is 11.9 Å². The predicted octanol–water partition coefficient (Wildman–Crippen LogP) is 1.40. The molecule has 5 heteroatoms. The lowest BCUT2D eigenvalue weighted by atomic mass is 10.1. The highest BCUT2D eigenvalue weighted by Gasteiger charge is 2.09. The Labute approximate surface area is 111 Å². The minimum Gasteiger partial charge on any atom is -0.495 e. The third-order valence-electron chi connectivity index (χ3n) is 2.31. The van der Waals surface area contributed by atoms with Gasteiger partial charge in [-0.25, -0.2) is 4.79 Å². The van der Waals surface area contributed by atoms with Gasteiger partial charge >= 0.3 is 11.9 Å². The number of rotatable bonds is 3. The Balaban J connectivity index is 2.96. The van der Waals surface area contributed by atoms with Crippen LogP contribution in [-0.2, 0) is 14.3 Å². The second kappa shape index (κ2) is 7.07. The molecule has 0 atom stereocenters. The van der Waals surface area contributed by atoms with Crippen LogP contribution in [0.1, 0.15) is 22.3 Å². The monoisotopic (exact) mass is 262 g/mol. The van der Waals surface area contributed by atoms with E-state index in [0.29, 0.717) is 16.9 Å². The summed E-state index contributed by atoms with van der Waals surface area (Å²) in [6, 6.07) is 4.75. The molecule has 0 N–H and O–H groups in total. The van der Waals surface area contributed by atoms with Gasteiger partial charge in [0, 0.05) is 0 Å². The van der Waals surface area contributed by atoms with E-state index in [9.17, 15) is 9.59 Å². The van der Waals surface area contributed by atoms with Gasteiger partial charge in [-0.1, -0.05) is 11.8 Å². The maximum atomic E-state index is 11.4. The molecule has 0 bridgehead atoms. The van der Waals surface area contributed by atoms with Gasteiger partial charge < -0.3 is 14.2 Å². The molecule has 0 aliphatic rings. The molecule has 1 aromatic carbocycles. The van der Waals surface area contributed by atoms with Crippen molar-refractivity contribution in [3.63, 3.8) is 0 Å². The first kappa shape index (κ1) is 14.6. The van der Waals surface area contributed by atoms with Crippen LogP contribution in [0.25, 0.3) is 0 Å². The zero-order valence-electron chi connectivity index (χ0n) is 11.0. The van der Waals surface area contributed by atoms with E-state index in [0.717, 1.165) is 0 Å². The molecule has 0 saturated heterocycles. The second-order valence-corrected chi connectivity index (χ2v) is 3.46. The van der Waals surface area contributed by atoms with Crippen LogP contribution in [0, 0.1) is 11.8 Å². The molecule has 1 rings (SSSR count). The Hall–Kier alpha value is -2.48. The molecule has 0 heterocycles. The molecule has 0 unspecified atom stereocenters. The lowest BCUT2D eigenvalue weighted by Gasteiger charge is -2.05. The Morgan fingerprint density at radius 3 is 2.47 bits per heavy atom. The van der Waals surface area contributed by atoms with E-state index in [1.807, 2.05) is 0 Å². The van der Waals surface area contributed by atoms with Crippen LogP contribution in [0.3, 0.4) is 0 Å². The van der Waals surface area contributed by atoms with E-state index in [1.54, 1.807) is 12.1 Å². The summed E-state index contributed by atoms with van der Waals surface area (Å²) < 4.78 is 14.2. The highest BCUT2D eigenvalue weighted by atomic mass is 16.5. The maximum Gasteiger partial charge on any atom is 0.337 e. The van der Waals surface area contributed by atoms with Crippen molar-refractivity contribution in [3.8, 4) is 17.6 Å². The summed E-state index contributed by atoms with van der Waals surface area (Å²) >= 11 is 0. The molecule has 1 aromatic rings. The fourth-order valence-electron chi connectivity index (χ4n) is 1.32. The van der Waals surface area contributed by atoms with E-state index >= 15 is 0 Å². The Morgan fingerprint density at radius 2 is 1.89 bits per heavy atom. The van der Waals surface area contributed by atoms with Crippen LogP contribution < -0.4 is 4.74 Å². The molecule has 19 heavy (non-hydrogen) atoms. The van der Waals surface area contributed by atoms with E-state index in [4.69, 9.17) is 4.74 Å². The van der Waals surface area contributed by atoms with Gasteiger partial charge in [0.25, 0.3) is 0 Å². The largest absolute Gasteiger partial charge is 0.495 e. The minimum atomic E-state index is -0.452. The van der Waals surface area contributed by atoms with Crippen LogP contribution in [0.2, 0.25) is 0 Å². The molecule has 5 nitrogen and oxygen atoms in total. The molecule has 0 fully saturated rings. The van der Waals surface area contributed by atoms with Gasteiger partial charge in [0.15, 0.2) is 0 Å². The maximum absolute atomic E-state index is 11.4. The standard InChI is InChI=1S/C14H14O5/c1-17-12-9-11(14(16)19-3)8-7-10(12)5-4-6-13(15)18-2/h7-9H,6H2,1-3H3. The molecule has 0 aliphatic carbocycles. The van der Waals surface area contributed by atoms with Crippen molar-refractivity contribution in [2.75, 3.05) is 21.3 Å². The first-order chi connectivity index (χ1) is 9.12. The predicted molar refractivity (Wildman–Crippen MR) is 67.8 cm³/mol. The SMILES string of the molecule is COC(=O)CC#Cc1ccc(C(=O)OC)cc1OC. The average Bonchev–Trinajstić information content (AvgIpc) is 2.46. The molecule has 0 aromatic heterocycles. The quantitative estimate of drug-likeness (QED) is 0.608. The van der Waals surface area contributed by atoms with E-state index in [1.165, 1.54) is 27.4 Å². The lowest BCUT2D eigenvalue weighted by Crippen LogP contribution is -2.02. The van der Waals surface area contributed by atoms with Crippen molar-refractivity contribution < 1.29 is 23.8 Å². The highest BCUT2D eigenvalue weighted by Crippen LogP contribution is 2.19. The summed E-state index contributed by atoms with van der Waals surface area (Å²) in [7, 11) is 4.08. The summed E-state index contributed by atoms with van der Waals surface area (Å²) in [6.07, 6.45) is -0.00158. The van der Waals surface area contributed by atoms with Gasteiger partial charge in [0.05, 0.1) is 32.5 Å². The molecule has 0 saturated carbocycles. The van der Waals surface area contributed by atoms with E-state index in [-0.39, 0.29) is 6.42 Å². The van der Waals surface area contributed by atoms with E-state index in [2.05, 4.69) is 21.3 Å². The van der Waals surface area contributed by atoms with Gasteiger partial charge in [0.1, 0.15) is 12.2 Å². The Morgan fingerprint density at radius 1 is 1.16 bits per heavy atom. The average molecular weight is 262 g/mol. The number of hydrogen-bond acceptors (Lipinski definition) is 5. The summed E-state index contributed by atoms with van der Waals surface area (Å²) in [4.78, 5) is 22.3. The van der Waals surface area contributed by atoms with Gasteiger partial charge in [-0.05, 0) is 18.2 Å². The van der Waals surface area contributed by atoms with Crippen molar-refractivity contribution in [1.82, 2.24) is 0 Å². The van der Waals surface area contributed by atoms with Crippen molar-refractivity contribution in [2.24, 2.45) is 0 Å². The van der Waals surface area contributed by atoms with Gasteiger partial charge in [-0.3, -0.25) is 4.79 Å². The zero-order chi connectivity index (χ0) is 14.3. The molecular formula is C14H14O5. The van der Waals surface area contributed by atoms with Gasteiger partial charge in [-0.15, -0.1) is 0 Å². The molecule has 0 amide bonds. The van der Waals surface area contributed by atoms with Crippen LogP contribution in [0.5, 0.6) is 5.75 Å². The first-order valence-corrected chi connectivity index (χ1v) is 5.44. The molecule has 0 radical (unpaired) electrons. The van der Waals surface area contributed by atoms with E-state index < -0.39 is 11.9 Å². The minimum absolute atomic E-state index is 0.00158. The van der Waals surface area contributed by atoms with Crippen molar-refractivity contribution in [1.29, 1.82) is 0 Å². The number of hydrogen-bond donors (Lipinski definition) is 0. The summed E-state index contributed by atoms with van der Waals surface area (Å²) in [5, 5.41) is 0. The number of carbonyl (C=O) groups excluding carboxylic acids is 2. The number of methoxy groups -OCH3 is 3. The van der Waals surface area contributed by atoms with Gasteiger partial charge in [0.2, 0.25) is 0 Å². The topological polar surface area (TPSA) is 61.8 Å². The number of carbonyl (C=O) groups is 2. The van der Waals surface area contributed by atoms with Gasteiger partial charge in [-0.2, -0.15) is 0 Å². The number of esters is 2. The number of ether oxygens (including phenoxy) is 3. The summed E-state index contributed by atoms with van der Waals surface area (Å²) in [5.41, 5.74) is 0.955. The fraction of sp³-hybridized carbons (Fsp3) is 0.286. The van der Waals surface area contributed by atoms with Crippen molar-refractivity contribution in [3.05, 3.63) is 29.3 Å². The second-order valence-electron chi connectivity index (χ2n) is 3.46. The first-order valence-electron chi connectivity index (χ1n) is 5.44. The highest BCUT2D eigenvalue weighted by molar-refractivity contribution is 5.90. The smallest absolute Gasteiger partial charge is 0.337 e. The molecular weight excluding hydrogens is 248 g/mol. The summed E-state index contributed by atoms with van der Waals surface area (Å²) in [5.74, 6) is 5.04. The number of benzene rings is 1. The van der Waals surface area contributed by atoms with Crippen LogP contribution in [0.15, 0.2) is 18.2 Å². The zero-order valence-corrected chi connectivity index (χ0v) is 11.0.